The highest BCUT2D eigenvalue weighted by atomic mass is 32.2. The average Bonchev–Trinajstić information content (AvgIpc) is 3.19. The average molecular weight is 461 g/mol. The number of nitrogens with zero attached hydrogens (tertiary/aromatic N) is 3. The highest BCUT2D eigenvalue weighted by Crippen LogP contribution is 2.23. The molecule has 0 radical (unpaired) electrons. The molecule has 3 aromatic carbocycles. The van der Waals surface area contributed by atoms with Crippen LogP contribution in [0.4, 0.5) is 0 Å². The van der Waals surface area contributed by atoms with Gasteiger partial charge in [0.05, 0.1) is 18.3 Å². The van der Waals surface area contributed by atoms with Crippen molar-refractivity contribution in [1.82, 2.24) is 14.8 Å². The number of benzene rings is 3. The summed E-state index contributed by atoms with van der Waals surface area (Å²) < 4.78 is 28.6. The van der Waals surface area contributed by atoms with Gasteiger partial charge >= 0.3 is 0 Å². The van der Waals surface area contributed by atoms with Gasteiger partial charge in [-0.25, -0.2) is 8.42 Å². The van der Waals surface area contributed by atoms with E-state index in [1.807, 2.05) is 92.7 Å². The molecule has 0 fully saturated rings. The van der Waals surface area contributed by atoms with Gasteiger partial charge in [-0.15, -0.1) is 10.2 Å². The number of aromatic nitrogens is 3. The zero-order chi connectivity index (χ0) is 23.4. The van der Waals surface area contributed by atoms with E-state index in [-0.39, 0.29) is 10.9 Å². The predicted molar refractivity (Wildman–Crippen MR) is 129 cm³/mol. The van der Waals surface area contributed by atoms with Crippen molar-refractivity contribution in [3.8, 4) is 0 Å². The van der Waals surface area contributed by atoms with Gasteiger partial charge in [0.25, 0.3) is 0 Å². The molecule has 0 saturated heterocycles. The number of hydrogen-bond acceptors (Lipinski definition) is 5. The molecule has 7 heteroatoms. The standard InChI is InChI=1S/C26H28N4O2S/c1-19-13-20(2)15-23(14-19)18-33(31,32)26-29-28-25(24(27)16-21-9-5-3-6-10-21)30(26)17-22-11-7-4-8-12-22/h3-15,24H,16-18,27H2,1-2H3/t24-/m0/s1. The summed E-state index contributed by atoms with van der Waals surface area (Å²) in [5.41, 5.74) is 11.3. The quantitative estimate of drug-likeness (QED) is 0.426. The molecular weight excluding hydrogens is 432 g/mol. The Hall–Kier alpha value is -3.29. The highest BCUT2D eigenvalue weighted by molar-refractivity contribution is 7.90. The molecule has 1 atom stereocenters. The summed E-state index contributed by atoms with van der Waals surface area (Å²) in [7, 11) is -3.75. The summed E-state index contributed by atoms with van der Waals surface area (Å²) >= 11 is 0. The maximum Gasteiger partial charge on any atom is 0.250 e. The minimum Gasteiger partial charge on any atom is -0.321 e. The zero-order valence-electron chi connectivity index (χ0n) is 18.8. The lowest BCUT2D eigenvalue weighted by Crippen LogP contribution is -2.22. The van der Waals surface area contributed by atoms with Crippen molar-refractivity contribution in [2.45, 2.75) is 43.8 Å². The van der Waals surface area contributed by atoms with Gasteiger partial charge in [0, 0.05) is 0 Å². The SMILES string of the molecule is Cc1cc(C)cc(CS(=O)(=O)c2nnc([C@@H](N)Cc3ccccc3)n2Cc2ccccc2)c1. The Labute approximate surface area is 195 Å². The lowest BCUT2D eigenvalue weighted by atomic mass is 10.1. The predicted octanol–water partition coefficient (Wildman–Crippen LogP) is 4.16. The van der Waals surface area contributed by atoms with E-state index in [1.165, 1.54) is 0 Å². The first-order valence-corrected chi connectivity index (χ1v) is 12.5. The van der Waals surface area contributed by atoms with Gasteiger partial charge in [0.2, 0.25) is 15.0 Å². The molecule has 0 aliphatic heterocycles. The lowest BCUT2D eigenvalue weighted by molar-refractivity contribution is 0.553. The monoisotopic (exact) mass is 460 g/mol. The van der Waals surface area contributed by atoms with E-state index < -0.39 is 15.9 Å². The summed E-state index contributed by atoms with van der Waals surface area (Å²) in [5.74, 6) is 0.317. The zero-order valence-corrected chi connectivity index (χ0v) is 19.7. The van der Waals surface area contributed by atoms with E-state index >= 15 is 0 Å². The second-order valence-corrected chi connectivity index (χ2v) is 10.3. The van der Waals surface area contributed by atoms with Crippen molar-refractivity contribution in [2.75, 3.05) is 0 Å². The van der Waals surface area contributed by atoms with Crippen LogP contribution in [0.1, 0.15) is 39.7 Å². The second-order valence-electron chi connectivity index (χ2n) is 8.46. The van der Waals surface area contributed by atoms with Crippen LogP contribution in [-0.4, -0.2) is 23.2 Å². The minimum atomic E-state index is -3.75. The first-order chi connectivity index (χ1) is 15.8. The molecule has 2 N–H and O–H groups in total. The lowest BCUT2D eigenvalue weighted by Gasteiger charge is -2.15. The third-order valence-electron chi connectivity index (χ3n) is 5.48. The summed E-state index contributed by atoms with van der Waals surface area (Å²) in [4.78, 5) is 0. The van der Waals surface area contributed by atoms with Crippen LogP contribution < -0.4 is 5.73 Å². The van der Waals surface area contributed by atoms with Crippen molar-refractivity contribution < 1.29 is 8.42 Å². The van der Waals surface area contributed by atoms with Gasteiger partial charge < -0.3 is 5.73 Å². The Balaban J connectivity index is 1.72. The molecule has 0 spiro atoms. The summed E-state index contributed by atoms with van der Waals surface area (Å²) in [6.07, 6.45) is 0.533. The molecule has 170 valence electrons. The van der Waals surface area contributed by atoms with E-state index in [0.29, 0.717) is 18.8 Å². The van der Waals surface area contributed by atoms with Gasteiger partial charge in [-0.05, 0) is 37.0 Å². The topological polar surface area (TPSA) is 90.9 Å². The maximum absolute atomic E-state index is 13.5. The molecule has 0 unspecified atom stereocenters. The van der Waals surface area contributed by atoms with Crippen LogP contribution in [0.3, 0.4) is 0 Å². The molecule has 6 nitrogen and oxygen atoms in total. The Morgan fingerprint density at radius 1 is 0.818 bits per heavy atom. The normalized spacial score (nSPS) is 12.6. The second kappa shape index (κ2) is 9.68. The van der Waals surface area contributed by atoms with E-state index in [2.05, 4.69) is 10.2 Å². The number of rotatable bonds is 8. The number of nitrogens with two attached hydrogens (primary N) is 1. The highest BCUT2D eigenvalue weighted by Gasteiger charge is 2.28. The van der Waals surface area contributed by atoms with Crippen LogP contribution >= 0.6 is 0 Å². The molecule has 0 aliphatic carbocycles. The molecule has 0 saturated carbocycles. The molecule has 1 aromatic heterocycles. The van der Waals surface area contributed by atoms with Crippen LogP contribution in [0, 0.1) is 13.8 Å². The van der Waals surface area contributed by atoms with E-state index in [0.717, 1.165) is 27.8 Å². The minimum absolute atomic E-state index is 0.0518. The fourth-order valence-electron chi connectivity index (χ4n) is 4.11. The van der Waals surface area contributed by atoms with Gasteiger partial charge in [-0.2, -0.15) is 0 Å². The van der Waals surface area contributed by atoms with Gasteiger partial charge in [-0.3, -0.25) is 4.57 Å². The summed E-state index contributed by atoms with van der Waals surface area (Å²) in [6.45, 7) is 4.25. The summed E-state index contributed by atoms with van der Waals surface area (Å²) in [5, 5.41) is 8.34. The van der Waals surface area contributed by atoms with Crippen molar-refractivity contribution in [1.29, 1.82) is 0 Å². The number of sulfone groups is 1. The third kappa shape index (κ3) is 5.56. The first-order valence-electron chi connectivity index (χ1n) is 10.9. The Bertz CT molecular complexity index is 1310. The van der Waals surface area contributed by atoms with Gasteiger partial charge in [0.15, 0.2) is 5.82 Å². The molecule has 33 heavy (non-hydrogen) atoms. The summed E-state index contributed by atoms with van der Waals surface area (Å²) in [6, 6.07) is 24.8. The number of aryl methyl sites for hydroxylation is 2. The Morgan fingerprint density at radius 3 is 2.00 bits per heavy atom. The van der Waals surface area contributed by atoms with Crippen LogP contribution in [-0.2, 0) is 28.6 Å². The van der Waals surface area contributed by atoms with Crippen molar-refractivity contribution >= 4 is 9.84 Å². The van der Waals surface area contributed by atoms with Crippen LogP contribution in [0.25, 0.3) is 0 Å². The molecular formula is C26H28N4O2S. The van der Waals surface area contributed by atoms with Crippen molar-refractivity contribution in [2.24, 2.45) is 5.73 Å². The van der Waals surface area contributed by atoms with E-state index in [9.17, 15) is 8.42 Å². The van der Waals surface area contributed by atoms with Crippen molar-refractivity contribution in [3.63, 3.8) is 0 Å². The number of hydrogen-bond donors (Lipinski definition) is 1. The Kier molecular flexibility index (Phi) is 6.72. The van der Waals surface area contributed by atoms with Gasteiger partial charge in [-0.1, -0.05) is 90.0 Å². The van der Waals surface area contributed by atoms with E-state index in [1.54, 1.807) is 4.57 Å². The molecule has 0 bridgehead atoms. The first kappa shape index (κ1) is 22.9. The third-order valence-corrected chi connectivity index (χ3v) is 7.05. The van der Waals surface area contributed by atoms with Crippen LogP contribution in [0.2, 0.25) is 0 Å². The largest absolute Gasteiger partial charge is 0.321 e. The van der Waals surface area contributed by atoms with Crippen molar-refractivity contribution in [3.05, 3.63) is 113 Å². The van der Waals surface area contributed by atoms with E-state index in [4.69, 9.17) is 5.73 Å². The fraction of sp³-hybridized carbons (Fsp3) is 0.231. The molecule has 0 amide bonds. The molecule has 4 rings (SSSR count). The fourth-order valence-corrected chi connectivity index (χ4v) is 5.51. The molecule has 1 heterocycles. The molecule has 4 aromatic rings. The molecule has 0 aliphatic rings. The van der Waals surface area contributed by atoms with Crippen LogP contribution in [0.15, 0.2) is 84.0 Å². The van der Waals surface area contributed by atoms with Crippen LogP contribution in [0.5, 0.6) is 0 Å². The maximum atomic E-state index is 13.5. The Morgan fingerprint density at radius 2 is 1.39 bits per heavy atom. The smallest absolute Gasteiger partial charge is 0.250 e. The van der Waals surface area contributed by atoms with Gasteiger partial charge in [0.1, 0.15) is 0 Å².